The van der Waals surface area contributed by atoms with Gasteiger partial charge in [-0.1, -0.05) is 6.07 Å². The fourth-order valence-corrected chi connectivity index (χ4v) is 2.51. The second-order valence-corrected chi connectivity index (χ2v) is 5.20. The lowest BCUT2D eigenvalue weighted by Gasteiger charge is -2.07. The van der Waals surface area contributed by atoms with E-state index in [0.717, 1.165) is 17.0 Å². The first-order chi connectivity index (χ1) is 11.0. The normalized spacial score (nSPS) is 11.0. The molecule has 0 unspecified atom stereocenters. The molecule has 0 radical (unpaired) electrons. The SMILES string of the molecule is Cc1cn(Cc2ccc(F)cc2F)c2cnc(C(=O)NO)cc12. The lowest BCUT2D eigenvalue weighted by Crippen LogP contribution is -2.19. The molecule has 1 aromatic carbocycles. The van der Waals surface area contributed by atoms with Gasteiger partial charge in [0.05, 0.1) is 18.3 Å². The van der Waals surface area contributed by atoms with Crippen LogP contribution in [-0.4, -0.2) is 20.7 Å². The molecule has 2 N–H and O–H groups in total. The maximum Gasteiger partial charge on any atom is 0.293 e. The van der Waals surface area contributed by atoms with Crippen LogP contribution in [0.1, 0.15) is 21.6 Å². The molecule has 3 aromatic rings. The van der Waals surface area contributed by atoms with Crippen molar-refractivity contribution in [2.24, 2.45) is 0 Å². The molecule has 0 aliphatic rings. The number of pyridine rings is 1. The molecule has 2 aromatic heterocycles. The quantitative estimate of drug-likeness (QED) is 0.576. The van der Waals surface area contributed by atoms with Gasteiger partial charge in [-0.2, -0.15) is 0 Å². The summed E-state index contributed by atoms with van der Waals surface area (Å²) in [7, 11) is 0. The molecular formula is C16H13F2N3O2. The number of nitrogens with zero attached hydrogens (tertiary/aromatic N) is 2. The summed E-state index contributed by atoms with van der Waals surface area (Å²) < 4.78 is 28.6. The summed E-state index contributed by atoms with van der Waals surface area (Å²) >= 11 is 0. The van der Waals surface area contributed by atoms with E-state index in [-0.39, 0.29) is 12.2 Å². The van der Waals surface area contributed by atoms with Crippen LogP contribution in [0.15, 0.2) is 36.7 Å². The van der Waals surface area contributed by atoms with Crippen molar-refractivity contribution < 1.29 is 18.8 Å². The number of hydrogen-bond acceptors (Lipinski definition) is 3. The molecular weight excluding hydrogens is 304 g/mol. The van der Waals surface area contributed by atoms with Crippen molar-refractivity contribution in [1.29, 1.82) is 0 Å². The van der Waals surface area contributed by atoms with E-state index in [0.29, 0.717) is 11.1 Å². The lowest BCUT2D eigenvalue weighted by atomic mass is 10.2. The van der Waals surface area contributed by atoms with Crippen LogP contribution in [0.2, 0.25) is 0 Å². The predicted octanol–water partition coefficient (Wildman–Crippen LogP) is 2.79. The Labute approximate surface area is 130 Å². The molecule has 2 heterocycles. The molecule has 0 bridgehead atoms. The highest BCUT2D eigenvalue weighted by atomic mass is 19.1. The minimum absolute atomic E-state index is 0.0776. The van der Waals surface area contributed by atoms with E-state index in [4.69, 9.17) is 5.21 Å². The van der Waals surface area contributed by atoms with Crippen LogP contribution < -0.4 is 5.48 Å². The third kappa shape index (κ3) is 2.78. The Morgan fingerprint density at radius 3 is 2.83 bits per heavy atom. The molecule has 0 atom stereocenters. The largest absolute Gasteiger partial charge is 0.341 e. The molecule has 0 fully saturated rings. The maximum absolute atomic E-state index is 13.8. The highest BCUT2D eigenvalue weighted by molar-refractivity contribution is 5.96. The zero-order valence-electron chi connectivity index (χ0n) is 12.2. The third-order valence-corrected chi connectivity index (χ3v) is 3.66. The number of aryl methyl sites for hydroxylation is 1. The minimum Gasteiger partial charge on any atom is -0.341 e. The van der Waals surface area contributed by atoms with Crippen LogP contribution in [-0.2, 0) is 6.54 Å². The van der Waals surface area contributed by atoms with Gasteiger partial charge in [0.15, 0.2) is 0 Å². The topological polar surface area (TPSA) is 67.2 Å². The van der Waals surface area contributed by atoms with Crippen LogP contribution in [0.25, 0.3) is 10.9 Å². The van der Waals surface area contributed by atoms with Gasteiger partial charge in [0.25, 0.3) is 5.91 Å². The van der Waals surface area contributed by atoms with Crippen LogP contribution in [0.5, 0.6) is 0 Å². The smallest absolute Gasteiger partial charge is 0.293 e. The van der Waals surface area contributed by atoms with Crippen molar-refractivity contribution in [2.45, 2.75) is 13.5 Å². The first-order valence-electron chi connectivity index (χ1n) is 6.83. The van der Waals surface area contributed by atoms with E-state index < -0.39 is 17.5 Å². The Balaban J connectivity index is 2.03. The zero-order valence-corrected chi connectivity index (χ0v) is 12.2. The van der Waals surface area contributed by atoms with Gasteiger partial charge in [-0.3, -0.25) is 10.0 Å². The predicted molar refractivity (Wildman–Crippen MR) is 79.2 cm³/mol. The summed E-state index contributed by atoms with van der Waals surface area (Å²) in [6, 6.07) is 5.00. The summed E-state index contributed by atoms with van der Waals surface area (Å²) in [6.45, 7) is 2.06. The Hall–Kier alpha value is -2.80. The molecule has 0 saturated heterocycles. The summed E-state index contributed by atoms with van der Waals surface area (Å²) in [5, 5.41) is 9.43. The maximum atomic E-state index is 13.8. The van der Waals surface area contributed by atoms with Gasteiger partial charge in [0, 0.05) is 23.2 Å². The van der Waals surface area contributed by atoms with Crippen molar-refractivity contribution in [3.8, 4) is 0 Å². The monoisotopic (exact) mass is 317 g/mol. The van der Waals surface area contributed by atoms with E-state index >= 15 is 0 Å². The average molecular weight is 317 g/mol. The van der Waals surface area contributed by atoms with E-state index in [1.807, 2.05) is 6.92 Å². The van der Waals surface area contributed by atoms with Gasteiger partial charge in [-0.05, 0) is 24.6 Å². The number of hydroxylamine groups is 1. The molecule has 7 heteroatoms. The number of amides is 1. The van der Waals surface area contributed by atoms with E-state index in [9.17, 15) is 13.6 Å². The Bertz CT molecular complexity index is 906. The molecule has 23 heavy (non-hydrogen) atoms. The highest BCUT2D eigenvalue weighted by Crippen LogP contribution is 2.23. The zero-order chi connectivity index (χ0) is 16.6. The van der Waals surface area contributed by atoms with Gasteiger partial charge >= 0.3 is 0 Å². The molecule has 0 aliphatic carbocycles. The van der Waals surface area contributed by atoms with Crippen molar-refractivity contribution in [3.05, 3.63) is 65.1 Å². The standard InChI is InChI=1S/C16H13F2N3O2/c1-9-7-21(8-10-2-3-11(17)4-13(10)18)15-6-19-14(5-12(9)15)16(22)20-23/h2-7,23H,8H2,1H3,(H,20,22). The minimum atomic E-state index is -0.705. The van der Waals surface area contributed by atoms with Crippen LogP contribution in [0, 0.1) is 18.6 Å². The molecule has 0 aliphatic heterocycles. The van der Waals surface area contributed by atoms with Crippen LogP contribution in [0.4, 0.5) is 8.78 Å². The van der Waals surface area contributed by atoms with E-state index in [1.54, 1.807) is 16.8 Å². The third-order valence-electron chi connectivity index (χ3n) is 3.66. The second kappa shape index (κ2) is 5.77. The number of halogens is 2. The summed E-state index contributed by atoms with van der Waals surface area (Å²) in [5.74, 6) is -1.95. The highest BCUT2D eigenvalue weighted by Gasteiger charge is 2.13. The van der Waals surface area contributed by atoms with Gasteiger partial charge < -0.3 is 4.57 Å². The number of carbonyl (C=O) groups is 1. The summed E-state index contributed by atoms with van der Waals surface area (Å²) in [6.07, 6.45) is 3.28. The van der Waals surface area contributed by atoms with E-state index in [2.05, 4.69) is 4.98 Å². The van der Waals surface area contributed by atoms with Gasteiger partial charge in [-0.25, -0.2) is 19.2 Å². The summed E-state index contributed by atoms with van der Waals surface area (Å²) in [4.78, 5) is 15.4. The number of carbonyl (C=O) groups excluding carboxylic acids is 1. The fourth-order valence-electron chi connectivity index (χ4n) is 2.51. The molecule has 0 spiro atoms. The molecule has 5 nitrogen and oxygen atoms in total. The van der Waals surface area contributed by atoms with Crippen molar-refractivity contribution in [3.63, 3.8) is 0 Å². The first-order valence-corrected chi connectivity index (χ1v) is 6.83. The van der Waals surface area contributed by atoms with E-state index in [1.165, 1.54) is 23.8 Å². The Morgan fingerprint density at radius 1 is 1.35 bits per heavy atom. The molecule has 3 rings (SSSR count). The number of aromatic nitrogens is 2. The molecule has 118 valence electrons. The number of nitrogens with one attached hydrogen (secondary N) is 1. The lowest BCUT2D eigenvalue weighted by molar-refractivity contribution is 0.0701. The Morgan fingerprint density at radius 2 is 2.13 bits per heavy atom. The van der Waals surface area contributed by atoms with Gasteiger partial charge in [0.2, 0.25) is 0 Å². The molecule has 0 saturated carbocycles. The van der Waals surface area contributed by atoms with Crippen LogP contribution >= 0.6 is 0 Å². The Kier molecular flexibility index (Phi) is 3.79. The van der Waals surface area contributed by atoms with Crippen molar-refractivity contribution in [1.82, 2.24) is 15.0 Å². The second-order valence-electron chi connectivity index (χ2n) is 5.20. The van der Waals surface area contributed by atoms with Crippen molar-refractivity contribution in [2.75, 3.05) is 0 Å². The number of hydrogen-bond donors (Lipinski definition) is 2. The number of fused-ring (bicyclic) bond motifs is 1. The first kappa shape index (κ1) is 15.1. The summed E-state index contributed by atoms with van der Waals surface area (Å²) in [5.41, 5.74) is 3.54. The van der Waals surface area contributed by atoms with Crippen LogP contribution in [0.3, 0.4) is 0 Å². The number of rotatable bonds is 3. The van der Waals surface area contributed by atoms with Gasteiger partial charge in [-0.15, -0.1) is 0 Å². The number of benzene rings is 1. The fraction of sp³-hybridized carbons (Fsp3) is 0.125. The van der Waals surface area contributed by atoms with Gasteiger partial charge in [0.1, 0.15) is 17.3 Å². The van der Waals surface area contributed by atoms with Crippen molar-refractivity contribution >= 4 is 16.8 Å². The average Bonchev–Trinajstić information content (AvgIpc) is 2.85. The molecule has 1 amide bonds.